The lowest BCUT2D eigenvalue weighted by Crippen LogP contribution is -2.39. The van der Waals surface area contributed by atoms with Gasteiger partial charge in [0.15, 0.2) is 5.41 Å². The largest absolute Gasteiger partial charge is 0.462 e. The zero-order valence-corrected chi connectivity index (χ0v) is 56.4. The molecule has 0 amide bonds. The number of anilines is 1. The fraction of sp³-hybridized carbons (Fsp3) is 0.231. The SMILES string of the molecule is CN(C)c1ccc(C=C2C(=O)OCCOCCOCCOCCOC(=O)C3(C(=O)OCCOCCOCCOCCOC2=O)C24c5c6c7c8c9c%10c(c%11c%12c2c2c5c5c%13c6c6c7c7c9c9c%14c%10c%10c%11c%11c%12c%12c2c2c5c5c%13c%13c6c6c7c9c7c9c%14c%10c%10c%11c%11c%12c2c2c5c5c%13c6c7c6c9c%10c%11c2c56)C834)cc1. The van der Waals surface area contributed by atoms with Crippen molar-refractivity contribution in [2.75, 3.05) is 125 Å². The third kappa shape index (κ3) is 3.91. The van der Waals surface area contributed by atoms with Crippen molar-refractivity contribution in [3.05, 3.63) is 57.7 Å². The van der Waals surface area contributed by atoms with Crippen LogP contribution in [-0.2, 0) is 77.4 Å². The molecule has 3 spiro atoms. The smallest absolute Gasteiger partial charge is 0.345 e. The molecule has 1 saturated heterocycles. The predicted molar refractivity (Wildman–Crippen MR) is 414 cm³/mol. The Kier molecular flexibility index (Phi) is 7.02. The van der Waals surface area contributed by atoms with Crippen LogP contribution in [0.4, 0.5) is 5.69 Å². The van der Waals surface area contributed by atoms with Crippen LogP contribution in [-0.4, -0.2) is 144 Å². The Morgan fingerprint density at radius 3 is 0.613 bits per heavy atom. The lowest BCUT2D eigenvalue weighted by atomic mass is 9.68. The average Bonchev–Trinajstić information content (AvgIpc) is 1.35. The molecule has 29 aromatic carbocycles. The topological polar surface area (TPSA) is 164 Å². The minimum atomic E-state index is -1.94. The number of carbonyl (C=O) groups is 4. The first-order valence-electron chi connectivity index (χ1n) is 37.8. The summed E-state index contributed by atoms with van der Waals surface area (Å²) in [7, 11) is 3.86. The van der Waals surface area contributed by atoms with Gasteiger partial charge >= 0.3 is 23.9 Å². The highest BCUT2D eigenvalue weighted by Crippen LogP contribution is 2.96. The summed E-state index contributed by atoms with van der Waals surface area (Å²) in [5, 5.41) is 76.3. The van der Waals surface area contributed by atoms with E-state index in [9.17, 15) is 9.59 Å². The van der Waals surface area contributed by atoms with Crippen LogP contribution in [0.3, 0.4) is 0 Å². The number of hydrogen-bond donors (Lipinski definition) is 0. The number of hydrogen-bond acceptors (Lipinski definition) is 15. The summed E-state index contributed by atoms with van der Waals surface area (Å²) in [4.78, 5) is 64.3. The predicted octanol–water partition coefficient (Wildman–Crippen LogP) is 16.7. The van der Waals surface area contributed by atoms with Gasteiger partial charge in [0.05, 0.1) is 90.1 Å². The zero-order valence-electron chi connectivity index (χ0n) is 56.4. The second-order valence-corrected chi connectivity index (χ2v) is 33.3. The molecule has 2 fully saturated rings. The Labute approximate surface area is 588 Å². The molecule has 5 aliphatic carbocycles. The molecular weight excluding hydrogens is 1330 g/mol. The van der Waals surface area contributed by atoms with Crippen molar-refractivity contribution in [1.82, 2.24) is 0 Å². The summed E-state index contributed by atoms with van der Waals surface area (Å²) in [5.41, 5.74) is 1.50. The molecule has 0 aromatic heterocycles. The van der Waals surface area contributed by atoms with Gasteiger partial charge in [-0.1, -0.05) is 12.1 Å². The molecule has 0 radical (unpaired) electrons. The molecule has 1 aliphatic heterocycles. The molecule has 0 bridgehead atoms. The van der Waals surface area contributed by atoms with Crippen molar-refractivity contribution in [2.24, 2.45) is 5.41 Å². The van der Waals surface area contributed by atoms with Crippen LogP contribution in [0.2, 0.25) is 0 Å². The van der Waals surface area contributed by atoms with E-state index in [1.807, 2.05) is 43.3 Å². The molecule has 496 valence electrons. The maximum atomic E-state index is 17.7. The van der Waals surface area contributed by atoms with Gasteiger partial charge in [-0.05, 0) is 337 Å². The molecule has 0 atom stereocenters. The van der Waals surface area contributed by atoms with E-state index < -0.39 is 40.1 Å². The van der Waals surface area contributed by atoms with Gasteiger partial charge < -0.3 is 52.3 Å². The third-order valence-electron chi connectivity index (χ3n) is 30.5. The minimum absolute atomic E-state index is 0.0620. The van der Waals surface area contributed by atoms with Crippen molar-refractivity contribution in [2.45, 2.75) is 10.8 Å². The highest BCUT2D eigenvalue weighted by atomic mass is 16.6. The number of esters is 4. The molecule has 1 heterocycles. The van der Waals surface area contributed by atoms with Crippen molar-refractivity contribution >= 4 is 326 Å². The van der Waals surface area contributed by atoms with Gasteiger partial charge in [0.25, 0.3) is 0 Å². The van der Waals surface area contributed by atoms with Gasteiger partial charge in [-0.25, -0.2) is 9.59 Å². The third-order valence-corrected chi connectivity index (χ3v) is 30.5. The highest BCUT2D eigenvalue weighted by Gasteiger charge is 3.01. The molecular formula is C91H43NO14. The van der Waals surface area contributed by atoms with Crippen LogP contribution in [0.1, 0.15) is 27.8 Å². The van der Waals surface area contributed by atoms with Crippen molar-refractivity contribution in [3.63, 3.8) is 0 Å². The molecule has 15 nitrogen and oxygen atoms in total. The Bertz CT molecular complexity index is 8060. The number of benzene rings is 19. The second-order valence-electron chi connectivity index (χ2n) is 33.3. The van der Waals surface area contributed by atoms with Crippen molar-refractivity contribution in [1.29, 1.82) is 0 Å². The Morgan fingerprint density at radius 2 is 0.415 bits per heavy atom. The first-order valence-corrected chi connectivity index (χ1v) is 37.8. The van der Waals surface area contributed by atoms with E-state index in [0.717, 1.165) is 5.69 Å². The lowest BCUT2D eigenvalue weighted by Gasteiger charge is -2.32. The van der Waals surface area contributed by atoms with Crippen LogP contribution >= 0.6 is 0 Å². The van der Waals surface area contributed by atoms with Gasteiger partial charge in [-0.15, -0.1) is 0 Å². The van der Waals surface area contributed by atoms with Crippen LogP contribution in [0.5, 0.6) is 0 Å². The van der Waals surface area contributed by atoms with Gasteiger partial charge in [0, 0.05) is 19.8 Å². The molecule has 6 aliphatic rings. The summed E-state index contributed by atoms with van der Waals surface area (Å²) in [6.07, 6.45) is 1.46. The summed E-state index contributed by atoms with van der Waals surface area (Å²) >= 11 is 0. The monoisotopic (exact) mass is 1370 g/mol. The zero-order chi connectivity index (χ0) is 67.5. The first-order chi connectivity index (χ1) is 52.4. The normalized spacial score (nSPS) is 23.6. The van der Waals surface area contributed by atoms with Gasteiger partial charge in [0.2, 0.25) is 0 Å². The van der Waals surface area contributed by atoms with Crippen LogP contribution in [0.15, 0.2) is 29.8 Å². The van der Waals surface area contributed by atoms with E-state index >= 15 is 9.59 Å². The summed E-state index contributed by atoms with van der Waals surface area (Å²) in [5.74, 6) is -2.79. The van der Waals surface area contributed by atoms with E-state index in [2.05, 4.69) is 0 Å². The number of cyclic esters (lactones) is 4. The average molecular weight is 1370 g/mol. The number of nitrogens with zero attached hydrogens (tertiary/aromatic N) is 1. The molecule has 0 N–H and O–H groups in total. The number of rotatable bonds is 2. The van der Waals surface area contributed by atoms with Gasteiger partial charge in [0.1, 0.15) is 32.0 Å². The van der Waals surface area contributed by atoms with E-state index in [4.69, 9.17) is 47.4 Å². The Balaban J connectivity index is 0.586. The molecule has 15 heteroatoms. The number of carbonyl (C=O) groups excluding carboxylic acids is 4. The summed E-state index contributed by atoms with van der Waals surface area (Å²) in [6, 6.07) is 7.40. The van der Waals surface area contributed by atoms with Crippen LogP contribution < -0.4 is 4.90 Å². The minimum Gasteiger partial charge on any atom is -0.462 e. The molecule has 29 aromatic rings. The van der Waals surface area contributed by atoms with E-state index in [1.54, 1.807) is 0 Å². The molecule has 106 heavy (non-hydrogen) atoms. The Hall–Kier alpha value is -11.1. The molecule has 0 unspecified atom stereocenters. The lowest BCUT2D eigenvalue weighted by molar-refractivity contribution is -0.168. The first kappa shape index (κ1) is 51.1. The standard InChI is InChI=1S/C91H43NO14/c1-92(2)25-5-3-24(4-6-25)23-26-85(93)103-19-15-99-11-7-97-9-13-101-17-21-105-87(95)91(88(96)106-22-18-102-14-10-98-8-12-100-16-20-104-86(26)94)89-81-73-65-55-45-37-29-27-28-31-35-33(29)41-49-43(35)53-47-39(31)40-32(28)36-34-30(27)38(37)46-52-42(34)50-44(36)54-48(40)58-57(47)67-61(53)71-63(49)69(59(65)51(41)45)77(81)79(71)83-75(67)76-68(58)62(54)72-64(50)70-60(52)66(56(46)55)74(73)82(89)78(70)80(72)84(76)90(83,89)91/h3-6,23H,7-22H2,1-2H3. The number of ether oxygens (including phenoxy) is 10. The highest BCUT2D eigenvalue weighted by molar-refractivity contribution is 6.82. The van der Waals surface area contributed by atoms with Crippen molar-refractivity contribution in [3.8, 4) is 0 Å². The maximum absolute atomic E-state index is 17.7. The summed E-state index contributed by atoms with van der Waals surface area (Å²) in [6.45, 7) is 1.59. The van der Waals surface area contributed by atoms with Crippen LogP contribution in [0.25, 0.3) is 297 Å². The fourth-order valence-corrected chi connectivity index (χ4v) is 28.7. The molecule has 35 rings (SSSR count). The quantitative estimate of drug-likeness (QED) is 0.0401. The maximum Gasteiger partial charge on any atom is 0.345 e. The van der Waals surface area contributed by atoms with E-state index in [-0.39, 0.29) is 111 Å². The molecule has 1 saturated carbocycles. The van der Waals surface area contributed by atoms with E-state index in [1.165, 1.54) is 319 Å². The van der Waals surface area contributed by atoms with E-state index in [0.29, 0.717) is 5.56 Å². The van der Waals surface area contributed by atoms with Gasteiger partial charge in [-0.3, -0.25) is 9.59 Å². The van der Waals surface area contributed by atoms with Crippen LogP contribution in [0, 0.1) is 5.41 Å². The summed E-state index contributed by atoms with van der Waals surface area (Å²) < 4.78 is 61.4. The van der Waals surface area contributed by atoms with Gasteiger partial charge in [-0.2, -0.15) is 0 Å². The second kappa shape index (κ2) is 14.5. The fourth-order valence-electron chi connectivity index (χ4n) is 28.7. The Morgan fingerprint density at radius 1 is 0.236 bits per heavy atom. The van der Waals surface area contributed by atoms with Crippen molar-refractivity contribution < 1.29 is 66.5 Å².